The number of thioether (sulfide) groups is 1. The molecule has 0 spiro atoms. The molecular formula is C10H9F2N5OS. The standard InChI is InChI=1S/C10H9F2N5OS/c11-6-1-2-7(12)8(3-6)15-9(18)4-19-10-16-14-5-17(10)13/h1-3,5H,4,13H2,(H,15,18). The van der Waals surface area contributed by atoms with Crippen molar-refractivity contribution in [2.45, 2.75) is 5.16 Å². The maximum Gasteiger partial charge on any atom is 0.234 e. The van der Waals surface area contributed by atoms with Gasteiger partial charge in [0.25, 0.3) is 0 Å². The summed E-state index contributed by atoms with van der Waals surface area (Å²) in [4.78, 5) is 11.6. The van der Waals surface area contributed by atoms with Crippen molar-refractivity contribution in [1.29, 1.82) is 0 Å². The summed E-state index contributed by atoms with van der Waals surface area (Å²) in [5.41, 5.74) is -0.209. The molecular weight excluding hydrogens is 276 g/mol. The first-order valence-electron chi connectivity index (χ1n) is 5.09. The Hall–Kier alpha value is -2.16. The average Bonchev–Trinajstić information content (AvgIpc) is 2.77. The molecule has 100 valence electrons. The molecule has 0 saturated carbocycles. The molecule has 1 heterocycles. The molecule has 0 radical (unpaired) electrons. The number of nitrogens with one attached hydrogen (secondary N) is 1. The summed E-state index contributed by atoms with van der Waals surface area (Å²) in [5.74, 6) is 3.56. The molecule has 0 fully saturated rings. The van der Waals surface area contributed by atoms with Crippen LogP contribution in [0, 0.1) is 11.6 Å². The second kappa shape index (κ2) is 5.65. The highest BCUT2D eigenvalue weighted by atomic mass is 32.2. The first-order valence-corrected chi connectivity index (χ1v) is 6.07. The third kappa shape index (κ3) is 3.41. The number of amides is 1. The smallest absolute Gasteiger partial charge is 0.234 e. The lowest BCUT2D eigenvalue weighted by atomic mass is 10.3. The second-order valence-electron chi connectivity index (χ2n) is 3.48. The van der Waals surface area contributed by atoms with Gasteiger partial charge in [0.1, 0.15) is 18.0 Å². The Morgan fingerprint density at radius 2 is 2.26 bits per heavy atom. The topological polar surface area (TPSA) is 85.8 Å². The SMILES string of the molecule is Nn1cnnc1SCC(=O)Nc1cc(F)ccc1F. The number of hydrogen-bond donors (Lipinski definition) is 2. The third-order valence-electron chi connectivity index (χ3n) is 2.08. The fraction of sp³-hybridized carbons (Fsp3) is 0.100. The van der Waals surface area contributed by atoms with Gasteiger partial charge in [-0.25, -0.2) is 13.5 Å². The molecule has 2 rings (SSSR count). The van der Waals surface area contributed by atoms with E-state index in [4.69, 9.17) is 5.84 Å². The van der Waals surface area contributed by atoms with Gasteiger partial charge in [0.05, 0.1) is 11.4 Å². The Balaban J connectivity index is 1.94. The molecule has 3 N–H and O–H groups in total. The second-order valence-corrected chi connectivity index (χ2v) is 4.42. The lowest BCUT2D eigenvalue weighted by molar-refractivity contribution is -0.113. The summed E-state index contributed by atoms with van der Waals surface area (Å²) in [7, 11) is 0. The van der Waals surface area contributed by atoms with Crippen LogP contribution in [0.3, 0.4) is 0 Å². The Morgan fingerprint density at radius 1 is 1.47 bits per heavy atom. The number of anilines is 1. The van der Waals surface area contributed by atoms with Crippen molar-refractivity contribution in [2.75, 3.05) is 16.9 Å². The molecule has 6 nitrogen and oxygen atoms in total. The quantitative estimate of drug-likeness (QED) is 0.646. The lowest BCUT2D eigenvalue weighted by Gasteiger charge is -2.06. The third-order valence-corrected chi connectivity index (χ3v) is 3.03. The Morgan fingerprint density at radius 3 is 2.95 bits per heavy atom. The number of nitrogen functional groups attached to an aromatic ring is 1. The first kappa shape index (κ1) is 13.3. The van der Waals surface area contributed by atoms with E-state index in [1.165, 1.54) is 6.33 Å². The molecule has 1 amide bonds. The maximum atomic E-state index is 13.3. The van der Waals surface area contributed by atoms with Crippen molar-refractivity contribution < 1.29 is 13.6 Å². The van der Waals surface area contributed by atoms with Crippen LogP contribution >= 0.6 is 11.8 Å². The van der Waals surface area contributed by atoms with E-state index < -0.39 is 17.5 Å². The van der Waals surface area contributed by atoms with Crippen LogP contribution in [0.1, 0.15) is 0 Å². The largest absolute Gasteiger partial charge is 0.336 e. The first-order chi connectivity index (χ1) is 9.06. The van der Waals surface area contributed by atoms with Gasteiger partial charge >= 0.3 is 0 Å². The minimum absolute atomic E-state index is 0.0498. The van der Waals surface area contributed by atoms with E-state index in [0.717, 1.165) is 34.6 Å². The molecule has 0 aliphatic carbocycles. The van der Waals surface area contributed by atoms with E-state index in [1.807, 2.05) is 0 Å². The fourth-order valence-corrected chi connectivity index (χ4v) is 1.88. The zero-order valence-electron chi connectivity index (χ0n) is 9.51. The van der Waals surface area contributed by atoms with Crippen molar-refractivity contribution in [3.8, 4) is 0 Å². The predicted molar refractivity (Wildman–Crippen MR) is 65.9 cm³/mol. The minimum atomic E-state index is -0.707. The zero-order chi connectivity index (χ0) is 13.8. The summed E-state index contributed by atoms with van der Waals surface area (Å²) in [5, 5.41) is 9.80. The maximum absolute atomic E-state index is 13.3. The molecule has 1 aromatic heterocycles. The highest BCUT2D eigenvalue weighted by Gasteiger charge is 2.10. The van der Waals surface area contributed by atoms with E-state index >= 15 is 0 Å². The molecule has 0 bridgehead atoms. The van der Waals surface area contributed by atoms with Gasteiger partial charge in [0, 0.05) is 6.07 Å². The monoisotopic (exact) mass is 285 g/mol. The van der Waals surface area contributed by atoms with Crippen LogP contribution in [-0.4, -0.2) is 26.5 Å². The number of benzene rings is 1. The van der Waals surface area contributed by atoms with Gasteiger partial charge < -0.3 is 11.2 Å². The van der Waals surface area contributed by atoms with Gasteiger partial charge in [-0.1, -0.05) is 11.8 Å². The Bertz CT molecular complexity index is 603. The lowest BCUT2D eigenvalue weighted by Crippen LogP contribution is -2.16. The number of aromatic nitrogens is 3. The van der Waals surface area contributed by atoms with Gasteiger partial charge in [0.2, 0.25) is 11.1 Å². The van der Waals surface area contributed by atoms with Crippen LogP contribution in [0.4, 0.5) is 14.5 Å². The summed E-state index contributed by atoms with van der Waals surface area (Å²) in [6.45, 7) is 0. The predicted octanol–water partition coefficient (Wildman–Crippen LogP) is 1.00. The van der Waals surface area contributed by atoms with Crippen LogP contribution in [0.15, 0.2) is 29.7 Å². The molecule has 1 aromatic carbocycles. The van der Waals surface area contributed by atoms with E-state index in [9.17, 15) is 13.6 Å². The normalized spacial score (nSPS) is 10.4. The van der Waals surface area contributed by atoms with Crippen molar-refractivity contribution in [3.05, 3.63) is 36.2 Å². The molecule has 9 heteroatoms. The summed E-state index contributed by atoms with van der Waals surface area (Å²) in [6.07, 6.45) is 1.28. The fourth-order valence-electron chi connectivity index (χ4n) is 1.24. The van der Waals surface area contributed by atoms with E-state index in [2.05, 4.69) is 15.5 Å². The number of hydrogen-bond acceptors (Lipinski definition) is 5. The zero-order valence-corrected chi connectivity index (χ0v) is 10.3. The van der Waals surface area contributed by atoms with Gasteiger partial charge in [-0.3, -0.25) is 4.79 Å². The minimum Gasteiger partial charge on any atom is -0.336 e. The van der Waals surface area contributed by atoms with Gasteiger partial charge in [0.15, 0.2) is 0 Å². The van der Waals surface area contributed by atoms with Crippen molar-refractivity contribution in [1.82, 2.24) is 14.9 Å². The van der Waals surface area contributed by atoms with Crippen LogP contribution in [0.5, 0.6) is 0 Å². The highest BCUT2D eigenvalue weighted by Crippen LogP contribution is 2.17. The van der Waals surface area contributed by atoms with Crippen LogP contribution in [-0.2, 0) is 4.79 Å². The van der Waals surface area contributed by atoms with E-state index in [-0.39, 0.29) is 11.4 Å². The summed E-state index contributed by atoms with van der Waals surface area (Å²) >= 11 is 1.03. The van der Waals surface area contributed by atoms with E-state index in [0.29, 0.717) is 5.16 Å². The van der Waals surface area contributed by atoms with Crippen molar-refractivity contribution >= 4 is 23.4 Å². The number of carbonyl (C=O) groups excluding carboxylic acids is 1. The molecule has 0 saturated heterocycles. The van der Waals surface area contributed by atoms with Crippen LogP contribution < -0.4 is 11.2 Å². The molecule has 0 atom stereocenters. The summed E-state index contributed by atoms with van der Waals surface area (Å²) < 4.78 is 27.3. The number of rotatable bonds is 4. The Labute approximate surface area is 111 Å². The molecule has 0 aliphatic rings. The molecule has 0 aliphatic heterocycles. The van der Waals surface area contributed by atoms with Gasteiger partial charge in [-0.2, -0.15) is 0 Å². The van der Waals surface area contributed by atoms with Crippen molar-refractivity contribution in [2.24, 2.45) is 0 Å². The van der Waals surface area contributed by atoms with Crippen molar-refractivity contribution in [3.63, 3.8) is 0 Å². The van der Waals surface area contributed by atoms with Gasteiger partial charge in [-0.05, 0) is 12.1 Å². The highest BCUT2D eigenvalue weighted by molar-refractivity contribution is 7.99. The number of nitrogens with zero attached hydrogens (tertiary/aromatic N) is 3. The average molecular weight is 285 g/mol. The Kier molecular flexibility index (Phi) is 3.95. The number of nitrogens with two attached hydrogens (primary N) is 1. The van der Waals surface area contributed by atoms with Crippen LogP contribution in [0.2, 0.25) is 0 Å². The number of carbonyl (C=O) groups is 1. The molecule has 2 aromatic rings. The molecule has 0 unspecified atom stereocenters. The molecule has 19 heavy (non-hydrogen) atoms. The van der Waals surface area contributed by atoms with Gasteiger partial charge in [-0.15, -0.1) is 10.2 Å². The van der Waals surface area contributed by atoms with E-state index in [1.54, 1.807) is 0 Å². The number of halogens is 2. The van der Waals surface area contributed by atoms with Crippen LogP contribution in [0.25, 0.3) is 0 Å². The summed E-state index contributed by atoms with van der Waals surface area (Å²) in [6, 6.07) is 2.81.